The summed E-state index contributed by atoms with van der Waals surface area (Å²) in [5.74, 6) is 0.773. The molecule has 0 unspecified atom stereocenters. The van der Waals surface area contributed by atoms with Crippen molar-refractivity contribution in [3.8, 4) is 0 Å². The molecule has 0 aliphatic heterocycles. The molecule has 5 nitrogen and oxygen atoms in total. The molecule has 0 spiro atoms. The van der Waals surface area contributed by atoms with Crippen LogP contribution in [0.15, 0.2) is 21.2 Å². The average Bonchev–Trinajstić information content (AvgIpc) is 2.97. The van der Waals surface area contributed by atoms with Crippen LogP contribution >= 0.6 is 15.9 Å². The molecule has 0 bridgehead atoms. The molecule has 1 aliphatic rings. The Morgan fingerprint density at radius 1 is 1.14 bits per heavy atom. The molecule has 0 radical (unpaired) electrons. The van der Waals surface area contributed by atoms with E-state index >= 15 is 0 Å². The molecule has 0 atom stereocenters. The van der Waals surface area contributed by atoms with Crippen molar-refractivity contribution in [3.63, 3.8) is 0 Å². The second-order valence-electron chi connectivity index (χ2n) is 5.75. The number of rotatable bonds is 7. The van der Waals surface area contributed by atoms with E-state index in [-0.39, 0.29) is 17.6 Å². The van der Waals surface area contributed by atoms with E-state index in [0.29, 0.717) is 24.2 Å². The third-order valence-electron chi connectivity index (χ3n) is 4.03. The Bertz CT molecular complexity index is 495. The Morgan fingerprint density at radius 2 is 1.86 bits per heavy atom. The van der Waals surface area contributed by atoms with Crippen molar-refractivity contribution in [1.82, 2.24) is 10.6 Å². The highest BCUT2D eigenvalue weighted by Gasteiger charge is 2.14. The predicted molar refractivity (Wildman–Crippen MR) is 87.6 cm³/mol. The van der Waals surface area contributed by atoms with Crippen molar-refractivity contribution < 1.29 is 14.0 Å². The number of carbonyl (C=O) groups excluding carboxylic acids is 2. The van der Waals surface area contributed by atoms with E-state index in [1.54, 1.807) is 12.1 Å². The van der Waals surface area contributed by atoms with Crippen molar-refractivity contribution in [2.24, 2.45) is 5.92 Å². The number of halogens is 1. The molecular formula is C16H23BrN2O3. The van der Waals surface area contributed by atoms with Crippen LogP contribution < -0.4 is 10.6 Å². The van der Waals surface area contributed by atoms with E-state index in [0.717, 1.165) is 12.3 Å². The minimum atomic E-state index is -0.276. The second kappa shape index (κ2) is 8.98. The zero-order valence-electron chi connectivity index (χ0n) is 12.7. The van der Waals surface area contributed by atoms with Gasteiger partial charge >= 0.3 is 0 Å². The molecular weight excluding hydrogens is 348 g/mol. The summed E-state index contributed by atoms with van der Waals surface area (Å²) >= 11 is 3.15. The molecule has 0 saturated heterocycles. The zero-order chi connectivity index (χ0) is 15.8. The van der Waals surface area contributed by atoms with Gasteiger partial charge in [-0.2, -0.15) is 0 Å². The van der Waals surface area contributed by atoms with Crippen molar-refractivity contribution in [3.05, 3.63) is 22.6 Å². The van der Waals surface area contributed by atoms with Gasteiger partial charge in [-0.15, -0.1) is 0 Å². The molecule has 2 amide bonds. The first-order valence-electron chi connectivity index (χ1n) is 7.95. The molecule has 0 aromatic carbocycles. The SMILES string of the molecule is O=C(CCC1CCCCC1)NCCNC(=O)c1ccc(Br)o1. The van der Waals surface area contributed by atoms with Crippen LogP contribution in [0.4, 0.5) is 0 Å². The van der Waals surface area contributed by atoms with E-state index in [2.05, 4.69) is 26.6 Å². The van der Waals surface area contributed by atoms with Gasteiger partial charge in [0, 0.05) is 19.5 Å². The van der Waals surface area contributed by atoms with Crippen LogP contribution in [0, 0.1) is 5.92 Å². The van der Waals surface area contributed by atoms with Gasteiger partial charge in [-0.3, -0.25) is 9.59 Å². The number of hydrogen-bond donors (Lipinski definition) is 2. The fraction of sp³-hybridized carbons (Fsp3) is 0.625. The van der Waals surface area contributed by atoms with Gasteiger partial charge in [-0.25, -0.2) is 0 Å². The van der Waals surface area contributed by atoms with Crippen LogP contribution in [0.5, 0.6) is 0 Å². The first-order valence-corrected chi connectivity index (χ1v) is 8.74. The summed E-state index contributed by atoms with van der Waals surface area (Å²) in [5.41, 5.74) is 0. The quantitative estimate of drug-likeness (QED) is 0.723. The molecule has 1 heterocycles. The van der Waals surface area contributed by atoms with Gasteiger partial charge in [-0.05, 0) is 40.4 Å². The van der Waals surface area contributed by atoms with Crippen molar-refractivity contribution in [2.75, 3.05) is 13.1 Å². The predicted octanol–water partition coefficient (Wildman–Crippen LogP) is 3.25. The van der Waals surface area contributed by atoms with E-state index in [1.807, 2.05) is 0 Å². The lowest BCUT2D eigenvalue weighted by atomic mass is 9.86. The molecule has 1 saturated carbocycles. The second-order valence-corrected chi connectivity index (χ2v) is 6.53. The summed E-state index contributed by atoms with van der Waals surface area (Å²) in [4.78, 5) is 23.5. The molecule has 1 fully saturated rings. The standard InChI is InChI=1S/C16H23BrN2O3/c17-14-8-7-13(22-14)16(21)19-11-10-18-15(20)9-6-12-4-2-1-3-5-12/h7-8,12H,1-6,9-11H2,(H,18,20)(H,19,21). The monoisotopic (exact) mass is 370 g/mol. The lowest BCUT2D eigenvalue weighted by Crippen LogP contribution is -2.34. The summed E-state index contributed by atoms with van der Waals surface area (Å²) in [7, 11) is 0. The molecule has 122 valence electrons. The minimum Gasteiger partial charge on any atom is -0.444 e. The molecule has 2 N–H and O–H groups in total. The Morgan fingerprint density at radius 3 is 2.55 bits per heavy atom. The van der Waals surface area contributed by atoms with Crippen LogP contribution in [0.3, 0.4) is 0 Å². The highest BCUT2D eigenvalue weighted by molar-refractivity contribution is 9.10. The Labute approximate surface area is 139 Å². The number of amides is 2. The smallest absolute Gasteiger partial charge is 0.287 e. The summed E-state index contributed by atoms with van der Waals surface area (Å²) in [6.45, 7) is 0.837. The van der Waals surface area contributed by atoms with Crippen LogP contribution in [0.25, 0.3) is 0 Å². The molecule has 1 aliphatic carbocycles. The van der Waals surface area contributed by atoms with Gasteiger partial charge in [0.1, 0.15) is 0 Å². The fourth-order valence-electron chi connectivity index (χ4n) is 2.80. The summed E-state index contributed by atoms with van der Waals surface area (Å²) in [5, 5.41) is 5.55. The lowest BCUT2D eigenvalue weighted by Gasteiger charge is -2.20. The molecule has 22 heavy (non-hydrogen) atoms. The fourth-order valence-corrected chi connectivity index (χ4v) is 3.11. The van der Waals surface area contributed by atoms with Gasteiger partial charge in [0.05, 0.1) is 0 Å². The van der Waals surface area contributed by atoms with E-state index < -0.39 is 0 Å². The maximum atomic E-state index is 11.8. The van der Waals surface area contributed by atoms with Crippen LogP contribution in [0.2, 0.25) is 0 Å². The molecule has 2 rings (SSSR count). The molecule has 6 heteroatoms. The number of carbonyl (C=O) groups is 2. The summed E-state index contributed by atoms with van der Waals surface area (Å²) in [6, 6.07) is 3.27. The van der Waals surface area contributed by atoms with Gasteiger partial charge in [0.25, 0.3) is 5.91 Å². The lowest BCUT2D eigenvalue weighted by molar-refractivity contribution is -0.121. The molecule has 1 aromatic heterocycles. The van der Waals surface area contributed by atoms with Crippen LogP contribution in [-0.2, 0) is 4.79 Å². The summed E-state index contributed by atoms with van der Waals surface area (Å²) < 4.78 is 5.67. The van der Waals surface area contributed by atoms with Crippen LogP contribution in [0.1, 0.15) is 55.5 Å². The Kier molecular flexibility index (Phi) is 6.96. The van der Waals surface area contributed by atoms with Gasteiger partial charge < -0.3 is 15.1 Å². The first kappa shape index (κ1) is 17.1. The molecule has 1 aromatic rings. The minimum absolute atomic E-state index is 0.0700. The van der Waals surface area contributed by atoms with Gasteiger partial charge in [0.15, 0.2) is 10.4 Å². The number of hydrogen-bond acceptors (Lipinski definition) is 3. The van der Waals surface area contributed by atoms with Crippen molar-refractivity contribution in [2.45, 2.75) is 44.9 Å². The average molecular weight is 371 g/mol. The van der Waals surface area contributed by atoms with E-state index in [4.69, 9.17) is 4.42 Å². The highest BCUT2D eigenvalue weighted by atomic mass is 79.9. The zero-order valence-corrected chi connectivity index (χ0v) is 14.3. The normalized spacial score (nSPS) is 15.5. The largest absolute Gasteiger partial charge is 0.444 e. The summed E-state index contributed by atoms with van der Waals surface area (Å²) in [6.07, 6.45) is 8.06. The van der Waals surface area contributed by atoms with Gasteiger partial charge in [-0.1, -0.05) is 32.1 Å². The number of furan rings is 1. The van der Waals surface area contributed by atoms with E-state index in [9.17, 15) is 9.59 Å². The van der Waals surface area contributed by atoms with E-state index in [1.165, 1.54) is 32.1 Å². The topological polar surface area (TPSA) is 71.3 Å². The Hall–Kier alpha value is -1.30. The van der Waals surface area contributed by atoms with Crippen molar-refractivity contribution >= 4 is 27.7 Å². The maximum absolute atomic E-state index is 11.8. The number of nitrogens with one attached hydrogen (secondary N) is 2. The Balaban J connectivity index is 1.54. The maximum Gasteiger partial charge on any atom is 0.287 e. The van der Waals surface area contributed by atoms with Crippen molar-refractivity contribution in [1.29, 1.82) is 0 Å². The third kappa shape index (κ3) is 5.83. The van der Waals surface area contributed by atoms with Gasteiger partial charge in [0.2, 0.25) is 5.91 Å². The highest BCUT2D eigenvalue weighted by Crippen LogP contribution is 2.27. The first-order chi connectivity index (χ1) is 10.6. The third-order valence-corrected chi connectivity index (χ3v) is 4.46. The van der Waals surface area contributed by atoms with Crippen LogP contribution in [-0.4, -0.2) is 24.9 Å².